The van der Waals surface area contributed by atoms with Crippen molar-refractivity contribution < 1.29 is 9.84 Å². The van der Waals surface area contributed by atoms with Gasteiger partial charge in [0.1, 0.15) is 0 Å². The van der Waals surface area contributed by atoms with Crippen LogP contribution < -0.4 is 0 Å². The number of hydrogen-bond acceptors (Lipinski definition) is 2. The molecule has 1 N–H and O–H groups in total. The normalized spacial score (nSPS) is 26.5. The lowest BCUT2D eigenvalue weighted by Gasteiger charge is -2.27. The molecule has 82 valence electrons. The van der Waals surface area contributed by atoms with Gasteiger partial charge < -0.3 is 9.84 Å². The summed E-state index contributed by atoms with van der Waals surface area (Å²) >= 11 is 3.44. The van der Waals surface area contributed by atoms with Crippen LogP contribution in [0, 0.1) is 0 Å². The predicted molar refractivity (Wildman–Crippen MR) is 63.0 cm³/mol. The second-order valence-corrected chi connectivity index (χ2v) is 4.48. The van der Waals surface area contributed by atoms with E-state index in [0.29, 0.717) is 13.0 Å². The first-order valence-electron chi connectivity index (χ1n) is 5.24. The summed E-state index contributed by atoms with van der Waals surface area (Å²) in [4.78, 5) is 0. The second kappa shape index (κ2) is 5.10. The molecular formula is C12H15BrO2. The molecule has 1 aliphatic heterocycles. The van der Waals surface area contributed by atoms with E-state index in [9.17, 15) is 5.11 Å². The van der Waals surface area contributed by atoms with E-state index in [1.54, 1.807) is 0 Å². The molecule has 0 amide bonds. The molecule has 1 fully saturated rings. The largest absolute Gasteiger partial charge is 0.393 e. The lowest BCUT2D eigenvalue weighted by atomic mass is 9.98. The standard InChI is InChI=1S/C12H15BrO2/c13-8-9-2-1-3-10(6-9)12-7-11(14)4-5-15-12/h1-3,6,11-12,14H,4-5,7-8H2. The average molecular weight is 271 g/mol. The third-order valence-corrected chi connectivity index (χ3v) is 3.38. The van der Waals surface area contributed by atoms with E-state index < -0.39 is 0 Å². The fourth-order valence-corrected chi connectivity index (χ4v) is 2.24. The summed E-state index contributed by atoms with van der Waals surface area (Å²) < 4.78 is 5.66. The smallest absolute Gasteiger partial charge is 0.0849 e. The molecule has 1 aromatic carbocycles. The highest BCUT2D eigenvalue weighted by Gasteiger charge is 2.22. The highest BCUT2D eigenvalue weighted by molar-refractivity contribution is 9.08. The van der Waals surface area contributed by atoms with Gasteiger partial charge in [-0.1, -0.05) is 40.2 Å². The van der Waals surface area contributed by atoms with Gasteiger partial charge in [-0.15, -0.1) is 0 Å². The van der Waals surface area contributed by atoms with Gasteiger partial charge in [-0.3, -0.25) is 0 Å². The summed E-state index contributed by atoms with van der Waals surface area (Å²) in [6.07, 6.45) is 1.32. The first-order valence-corrected chi connectivity index (χ1v) is 6.36. The van der Waals surface area contributed by atoms with Crippen molar-refractivity contribution in [3.05, 3.63) is 35.4 Å². The number of aliphatic hydroxyl groups is 1. The lowest BCUT2D eigenvalue weighted by Crippen LogP contribution is -2.23. The van der Waals surface area contributed by atoms with Crippen molar-refractivity contribution >= 4 is 15.9 Å². The summed E-state index contributed by atoms with van der Waals surface area (Å²) in [7, 11) is 0. The summed E-state index contributed by atoms with van der Waals surface area (Å²) in [5.41, 5.74) is 2.42. The zero-order chi connectivity index (χ0) is 10.7. The molecule has 0 radical (unpaired) electrons. The van der Waals surface area contributed by atoms with Crippen LogP contribution in [-0.2, 0) is 10.1 Å². The highest BCUT2D eigenvalue weighted by atomic mass is 79.9. The van der Waals surface area contributed by atoms with E-state index in [0.717, 1.165) is 11.8 Å². The van der Waals surface area contributed by atoms with Crippen molar-refractivity contribution in [2.75, 3.05) is 6.61 Å². The molecule has 2 atom stereocenters. The van der Waals surface area contributed by atoms with E-state index in [1.807, 2.05) is 6.07 Å². The summed E-state index contributed by atoms with van der Waals surface area (Å²) in [5, 5.41) is 10.4. The van der Waals surface area contributed by atoms with Crippen LogP contribution in [0.2, 0.25) is 0 Å². The number of halogens is 1. The molecule has 1 saturated heterocycles. The van der Waals surface area contributed by atoms with Crippen LogP contribution in [0.3, 0.4) is 0 Å². The molecule has 1 heterocycles. The van der Waals surface area contributed by atoms with Crippen LogP contribution in [0.25, 0.3) is 0 Å². The molecule has 15 heavy (non-hydrogen) atoms. The topological polar surface area (TPSA) is 29.5 Å². The number of hydrogen-bond donors (Lipinski definition) is 1. The fourth-order valence-electron chi connectivity index (χ4n) is 1.89. The van der Waals surface area contributed by atoms with E-state index in [2.05, 4.69) is 34.1 Å². The van der Waals surface area contributed by atoms with Gasteiger partial charge in [-0.05, 0) is 17.5 Å². The Morgan fingerprint density at radius 3 is 3.07 bits per heavy atom. The Hall–Kier alpha value is -0.380. The molecule has 0 bridgehead atoms. The maximum absolute atomic E-state index is 9.58. The van der Waals surface area contributed by atoms with Gasteiger partial charge in [0.2, 0.25) is 0 Å². The number of aliphatic hydroxyl groups excluding tert-OH is 1. The molecule has 2 unspecified atom stereocenters. The molecule has 1 aliphatic rings. The number of alkyl halides is 1. The Labute approximate surface area is 98.4 Å². The first-order chi connectivity index (χ1) is 7.29. The van der Waals surface area contributed by atoms with Crippen molar-refractivity contribution in [3.8, 4) is 0 Å². The van der Waals surface area contributed by atoms with Gasteiger partial charge in [0.05, 0.1) is 12.2 Å². The first kappa shape index (κ1) is 11.1. The van der Waals surface area contributed by atoms with Gasteiger partial charge in [0.25, 0.3) is 0 Å². The van der Waals surface area contributed by atoms with Crippen LogP contribution in [0.1, 0.15) is 30.1 Å². The van der Waals surface area contributed by atoms with Crippen molar-refractivity contribution in [1.82, 2.24) is 0 Å². The van der Waals surface area contributed by atoms with Gasteiger partial charge in [-0.2, -0.15) is 0 Å². The minimum Gasteiger partial charge on any atom is -0.393 e. The molecule has 0 spiro atoms. The lowest BCUT2D eigenvalue weighted by molar-refractivity contribution is -0.0448. The van der Waals surface area contributed by atoms with Crippen LogP contribution in [0.4, 0.5) is 0 Å². The summed E-state index contributed by atoms with van der Waals surface area (Å²) in [6.45, 7) is 0.657. The zero-order valence-electron chi connectivity index (χ0n) is 8.53. The Morgan fingerprint density at radius 2 is 2.33 bits per heavy atom. The van der Waals surface area contributed by atoms with Crippen molar-refractivity contribution in [1.29, 1.82) is 0 Å². The molecule has 2 nitrogen and oxygen atoms in total. The van der Waals surface area contributed by atoms with E-state index in [1.165, 1.54) is 11.1 Å². The van der Waals surface area contributed by atoms with E-state index in [-0.39, 0.29) is 12.2 Å². The SMILES string of the molecule is OC1CCOC(c2cccc(CBr)c2)C1. The Kier molecular flexibility index (Phi) is 3.78. The summed E-state index contributed by atoms with van der Waals surface area (Å²) in [6, 6.07) is 8.32. The molecule has 3 heteroatoms. The average Bonchev–Trinajstić information content (AvgIpc) is 2.29. The molecule has 2 rings (SSSR count). The molecule has 0 aliphatic carbocycles. The minimum atomic E-state index is -0.212. The summed E-state index contributed by atoms with van der Waals surface area (Å²) in [5.74, 6) is 0. The quantitative estimate of drug-likeness (QED) is 0.838. The van der Waals surface area contributed by atoms with Gasteiger partial charge in [0, 0.05) is 18.4 Å². The van der Waals surface area contributed by atoms with E-state index >= 15 is 0 Å². The van der Waals surface area contributed by atoms with Crippen molar-refractivity contribution in [2.45, 2.75) is 30.4 Å². The Morgan fingerprint density at radius 1 is 1.47 bits per heavy atom. The van der Waals surface area contributed by atoms with Crippen LogP contribution in [0.15, 0.2) is 24.3 Å². The number of rotatable bonds is 2. The van der Waals surface area contributed by atoms with Crippen LogP contribution in [0.5, 0.6) is 0 Å². The molecule has 0 saturated carbocycles. The number of ether oxygens (including phenoxy) is 1. The Bertz CT molecular complexity index is 327. The number of benzene rings is 1. The molecule has 0 aromatic heterocycles. The monoisotopic (exact) mass is 270 g/mol. The third kappa shape index (κ3) is 2.80. The van der Waals surface area contributed by atoms with Gasteiger partial charge >= 0.3 is 0 Å². The second-order valence-electron chi connectivity index (χ2n) is 3.92. The fraction of sp³-hybridized carbons (Fsp3) is 0.500. The maximum Gasteiger partial charge on any atom is 0.0849 e. The zero-order valence-corrected chi connectivity index (χ0v) is 10.1. The van der Waals surface area contributed by atoms with E-state index in [4.69, 9.17) is 4.74 Å². The van der Waals surface area contributed by atoms with Crippen molar-refractivity contribution in [2.24, 2.45) is 0 Å². The van der Waals surface area contributed by atoms with Gasteiger partial charge in [-0.25, -0.2) is 0 Å². The predicted octanol–water partition coefficient (Wildman–Crippen LogP) is 2.79. The third-order valence-electron chi connectivity index (χ3n) is 2.73. The van der Waals surface area contributed by atoms with Crippen LogP contribution in [-0.4, -0.2) is 17.8 Å². The minimum absolute atomic E-state index is 0.0627. The molecular weight excluding hydrogens is 256 g/mol. The van der Waals surface area contributed by atoms with Crippen molar-refractivity contribution in [3.63, 3.8) is 0 Å². The van der Waals surface area contributed by atoms with Gasteiger partial charge in [0.15, 0.2) is 0 Å². The molecule has 1 aromatic rings. The van der Waals surface area contributed by atoms with Crippen LogP contribution >= 0.6 is 15.9 Å². The Balaban J connectivity index is 2.13. The highest BCUT2D eigenvalue weighted by Crippen LogP contribution is 2.28. The maximum atomic E-state index is 9.58.